The molecule has 4 heteroatoms. The summed E-state index contributed by atoms with van der Waals surface area (Å²) in [6, 6.07) is 8.04. The molecular weight excluding hydrogens is 230 g/mol. The zero-order chi connectivity index (χ0) is 13.1. The molecule has 1 aromatic carbocycles. The van der Waals surface area contributed by atoms with Crippen LogP contribution in [0.5, 0.6) is 5.75 Å². The molecule has 4 nitrogen and oxygen atoms in total. The van der Waals surface area contributed by atoms with E-state index < -0.39 is 0 Å². The van der Waals surface area contributed by atoms with Crippen molar-refractivity contribution >= 4 is 0 Å². The minimum Gasteiger partial charge on any atom is -0.493 e. The lowest BCUT2D eigenvalue weighted by atomic mass is 10.2. The molecule has 0 bridgehead atoms. The number of hydrogen-bond donors (Lipinski definition) is 1. The number of rotatable bonds is 10. The molecule has 0 aromatic heterocycles. The predicted molar refractivity (Wildman–Crippen MR) is 72.0 cm³/mol. The zero-order valence-corrected chi connectivity index (χ0v) is 11.1. The maximum absolute atomic E-state index is 5.60. The first-order valence-corrected chi connectivity index (χ1v) is 6.38. The predicted octanol–water partition coefficient (Wildman–Crippen LogP) is 1.76. The highest BCUT2D eigenvalue weighted by atomic mass is 16.5. The first-order chi connectivity index (χ1) is 8.83. The molecule has 0 saturated carbocycles. The number of hydrogen-bond acceptors (Lipinski definition) is 4. The van der Waals surface area contributed by atoms with E-state index in [4.69, 9.17) is 19.9 Å². The van der Waals surface area contributed by atoms with Crippen LogP contribution in [0.2, 0.25) is 0 Å². The van der Waals surface area contributed by atoms with E-state index in [9.17, 15) is 0 Å². The van der Waals surface area contributed by atoms with Crippen molar-refractivity contribution < 1.29 is 14.2 Å². The summed E-state index contributed by atoms with van der Waals surface area (Å²) in [5.74, 6) is 0.918. The lowest BCUT2D eigenvalue weighted by Crippen LogP contribution is -2.12. The van der Waals surface area contributed by atoms with Gasteiger partial charge in [0.15, 0.2) is 0 Å². The third-order valence-electron chi connectivity index (χ3n) is 2.33. The molecular formula is C14H23NO3. The van der Waals surface area contributed by atoms with Crippen molar-refractivity contribution in [3.8, 4) is 5.75 Å². The normalized spacial score (nSPS) is 10.6. The van der Waals surface area contributed by atoms with Crippen LogP contribution in [0.4, 0.5) is 0 Å². The van der Waals surface area contributed by atoms with Crippen molar-refractivity contribution in [2.45, 2.75) is 13.3 Å². The van der Waals surface area contributed by atoms with Gasteiger partial charge in [-0.2, -0.15) is 0 Å². The van der Waals surface area contributed by atoms with E-state index in [-0.39, 0.29) is 0 Å². The van der Waals surface area contributed by atoms with E-state index in [1.165, 1.54) is 5.56 Å². The lowest BCUT2D eigenvalue weighted by Gasteiger charge is -2.07. The van der Waals surface area contributed by atoms with Gasteiger partial charge >= 0.3 is 0 Å². The number of benzene rings is 1. The summed E-state index contributed by atoms with van der Waals surface area (Å²) in [6.07, 6.45) is 0.880. The van der Waals surface area contributed by atoms with Gasteiger partial charge in [0, 0.05) is 19.6 Å². The summed E-state index contributed by atoms with van der Waals surface area (Å²) >= 11 is 0. The highest BCUT2D eigenvalue weighted by molar-refractivity contribution is 5.27. The Labute approximate surface area is 109 Å². The van der Waals surface area contributed by atoms with E-state index in [0.29, 0.717) is 39.6 Å². The van der Waals surface area contributed by atoms with Crippen molar-refractivity contribution in [1.29, 1.82) is 0 Å². The van der Waals surface area contributed by atoms with Crippen LogP contribution in [0.3, 0.4) is 0 Å². The third-order valence-corrected chi connectivity index (χ3v) is 2.33. The van der Waals surface area contributed by atoms with Gasteiger partial charge in [-0.15, -0.1) is 0 Å². The SMILES string of the molecule is Cc1cccc(OCCCOCCOCCN)c1. The number of ether oxygens (including phenoxy) is 3. The van der Waals surface area contributed by atoms with Crippen LogP contribution in [0, 0.1) is 6.92 Å². The van der Waals surface area contributed by atoms with Crippen molar-refractivity contribution in [2.24, 2.45) is 5.73 Å². The second-order valence-corrected chi connectivity index (χ2v) is 4.03. The molecule has 1 rings (SSSR count). The Morgan fingerprint density at radius 3 is 2.50 bits per heavy atom. The fraction of sp³-hybridized carbons (Fsp3) is 0.571. The largest absolute Gasteiger partial charge is 0.493 e. The molecule has 0 aliphatic rings. The number of nitrogens with two attached hydrogens (primary N) is 1. The smallest absolute Gasteiger partial charge is 0.119 e. The molecule has 18 heavy (non-hydrogen) atoms. The topological polar surface area (TPSA) is 53.7 Å². The van der Waals surface area contributed by atoms with E-state index in [1.54, 1.807) is 0 Å². The maximum atomic E-state index is 5.60. The summed E-state index contributed by atoms with van der Waals surface area (Å²) in [4.78, 5) is 0. The van der Waals surface area contributed by atoms with Gasteiger partial charge in [0.05, 0.1) is 26.4 Å². The second kappa shape index (κ2) is 9.88. The van der Waals surface area contributed by atoms with E-state index in [0.717, 1.165) is 12.2 Å². The van der Waals surface area contributed by atoms with Crippen molar-refractivity contribution in [1.82, 2.24) is 0 Å². The highest BCUT2D eigenvalue weighted by Gasteiger charge is 1.94. The third kappa shape index (κ3) is 7.27. The van der Waals surface area contributed by atoms with Gasteiger partial charge in [-0.05, 0) is 24.6 Å². The van der Waals surface area contributed by atoms with Crippen LogP contribution < -0.4 is 10.5 Å². The van der Waals surface area contributed by atoms with Crippen molar-refractivity contribution in [2.75, 3.05) is 39.6 Å². The standard InChI is InChI=1S/C14H23NO3/c1-13-4-2-5-14(12-13)18-8-3-7-16-10-11-17-9-6-15/h2,4-5,12H,3,6-11,15H2,1H3. The average molecular weight is 253 g/mol. The number of aryl methyl sites for hydroxylation is 1. The Bertz CT molecular complexity index is 318. The van der Waals surface area contributed by atoms with Gasteiger partial charge < -0.3 is 19.9 Å². The Morgan fingerprint density at radius 1 is 1.00 bits per heavy atom. The molecule has 0 radical (unpaired) electrons. The maximum Gasteiger partial charge on any atom is 0.119 e. The Balaban J connectivity index is 1.92. The van der Waals surface area contributed by atoms with Crippen molar-refractivity contribution in [3.63, 3.8) is 0 Å². The van der Waals surface area contributed by atoms with Gasteiger partial charge in [-0.1, -0.05) is 12.1 Å². The zero-order valence-electron chi connectivity index (χ0n) is 11.1. The Hall–Kier alpha value is -1.10. The Kier molecular flexibility index (Phi) is 8.21. The van der Waals surface area contributed by atoms with Gasteiger partial charge in [0.1, 0.15) is 5.75 Å². The van der Waals surface area contributed by atoms with Gasteiger partial charge in [0.25, 0.3) is 0 Å². The van der Waals surface area contributed by atoms with Crippen LogP contribution in [0.1, 0.15) is 12.0 Å². The van der Waals surface area contributed by atoms with Crippen LogP contribution in [0.25, 0.3) is 0 Å². The molecule has 0 saturated heterocycles. The average Bonchev–Trinajstić information content (AvgIpc) is 2.37. The quantitative estimate of drug-likeness (QED) is 0.646. The van der Waals surface area contributed by atoms with E-state index in [1.807, 2.05) is 18.2 Å². The molecule has 0 aliphatic carbocycles. The van der Waals surface area contributed by atoms with Crippen molar-refractivity contribution in [3.05, 3.63) is 29.8 Å². The summed E-state index contributed by atoms with van der Waals surface area (Å²) in [6.45, 7) is 5.80. The second-order valence-electron chi connectivity index (χ2n) is 4.03. The van der Waals surface area contributed by atoms with Crippen LogP contribution in [-0.2, 0) is 9.47 Å². The fourth-order valence-electron chi connectivity index (χ4n) is 1.46. The van der Waals surface area contributed by atoms with Gasteiger partial charge in [-0.3, -0.25) is 0 Å². The molecule has 0 heterocycles. The molecule has 0 atom stereocenters. The minimum absolute atomic E-state index is 0.560. The molecule has 0 amide bonds. The lowest BCUT2D eigenvalue weighted by molar-refractivity contribution is 0.0463. The molecule has 0 spiro atoms. The summed E-state index contributed by atoms with van der Waals surface area (Å²) in [5.41, 5.74) is 6.50. The minimum atomic E-state index is 0.560. The monoisotopic (exact) mass is 253 g/mol. The molecule has 0 aliphatic heterocycles. The van der Waals surface area contributed by atoms with Crippen LogP contribution >= 0.6 is 0 Å². The molecule has 0 unspecified atom stereocenters. The molecule has 1 aromatic rings. The van der Waals surface area contributed by atoms with Gasteiger partial charge in [0.2, 0.25) is 0 Å². The van der Waals surface area contributed by atoms with E-state index in [2.05, 4.69) is 13.0 Å². The molecule has 102 valence electrons. The molecule has 0 fully saturated rings. The summed E-state index contributed by atoms with van der Waals surface area (Å²) in [7, 11) is 0. The molecule has 2 N–H and O–H groups in total. The van der Waals surface area contributed by atoms with Gasteiger partial charge in [-0.25, -0.2) is 0 Å². The summed E-state index contributed by atoms with van der Waals surface area (Å²) in [5, 5.41) is 0. The first-order valence-electron chi connectivity index (χ1n) is 6.38. The first kappa shape index (κ1) is 15.0. The fourth-order valence-corrected chi connectivity index (χ4v) is 1.46. The van der Waals surface area contributed by atoms with E-state index >= 15 is 0 Å². The summed E-state index contributed by atoms with van der Waals surface area (Å²) < 4.78 is 16.2. The van der Waals surface area contributed by atoms with Crippen LogP contribution in [-0.4, -0.2) is 39.6 Å². The highest BCUT2D eigenvalue weighted by Crippen LogP contribution is 2.12. The van der Waals surface area contributed by atoms with Crippen LogP contribution in [0.15, 0.2) is 24.3 Å². The Morgan fingerprint density at radius 2 is 1.78 bits per heavy atom.